The van der Waals surface area contributed by atoms with Crippen molar-refractivity contribution in [1.29, 1.82) is 0 Å². The highest BCUT2D eigenvalue weighted by Crippen LogP contribution is 2.67. The lowest BCUT2D eigenvalue weighted by Crippen LogP contribution is -2.81. The number of aliphatic hydroxyl groups is 1. The molecule has 8 heteroatoms. The number of methoxy groups -OCH3 is 2. The zero-order valence-electron chi connectivity index (χ0n) is 24.1. The van der Waals surface area contributed by atoms with Crippen LogP contribution in [0.25, 0.3) is 0 Å². The van der Waals surface area contributed by atoms with Gasteiger partial charge in [0.15, 0.2) is 6.10 Å². The third-order valence-electron chi connectivity index (χ3n) is 9.85. The molecule has 0 amide bonds. The Morgan fingerprint density at radius 1 is 1.12 bits per heavy atom. The third kappa shape index (κ3) is 3.55. The van der Waals surface area contributed by atoms with Crippen LogP contribution in [0.4, 0.5) is 5.69 Å². The number of anilines is 1. The molecule has 1 spiro atoms. The van der Waals surface area contributed by atoms with E-state index in [4.69, 9.17) is 14.2 Å². The topological polar surface area (TPSA) is 88.5 Å². The monoisotopic (exact) mass is 556 g/mol. The van der Waals surface area contributed by atoms with Crippen LogP contribution in [-0.4, -0.2) is 80.1 Å². The van der Waals surface area contributed by atoms with E-state index in [2.05, 4.69) is 35.0 Å². The SMILES string of the molecule is CC[C@]12C=CCN3CC[C@@]4(c5cc(C#Cc6ccccc6)c(OC)cc5N(C)[C@H]4[C@@](O)(C(=O)OC)[C@@H]1OC(C)=O)[C@@H]32. The van der Waals surface area contributed by atoms with Gasteiger partial charge >= 0.3 is 11.9 Å². The molecule has 2 aromatic rings. The van der Waals surface area contributed by atoms with Crippen molar-refractivity contribution in [2.45, 2.75) is 55.9 Å². The fraction of sp³-hybridized carbons (Fsp3) is 0.455. The first kappa shape index (κ1) is 27.4. The molecule has 41 heavy (non-hydrogen) atoms. The standard InChI is InChI=1S/C33H36N2O6/c1-6-31-15-10-17-35-18-16-32(27(31)35)24-19-23(14-13-22-11-8-7-9-12-22)26(39-4)20-25(24)34(3)28(32)33(38,30(37)40-5)29(31)41-21(2)36/h7-12,15,19-20,27-29,38H,6,16-18H2,1-5H3/t27-,28+,29+,31+,32+,33-/m0/s1. The second kappa shape index (κ2) is 9.64. The Labute approximate surface area is 240 Å². The average Bonchev–Trinajstić information content (AvgIpc) is 3.49. The molecule has 3 aliphatic heterocycles. The molecule has 0 bridgehead atoms. The first-order chi connectivity index (χ1) is 19.7. The van der Waals surface area contributed by atoms with Crippen LogP contribution in [0.5, 0.6) is 5.75 Å². The fourth-order valence-corrected chi connectivity index (χ4v) is 8.51. The Morgan fingerprint density at radius 2 is 1.88 bits per heavy atom. The molecule has 1 N–H and O–H groups in total. The van der Waals surface area contributed by atoms with Crippen LogP contribution in [0, 0.1) is 17.3 Å². The lowest BCUT2D eigenvalue weighted by atomic mass is 9.47. The molecule has 1 saturated carbocycles. The molecule has 6 atom stereocenters. The van der Waals surface area contributed by atoms with Crippen molar-refractivity contribution in [2.24, 2.45) is 5.41 Å². The van der Waals surface area contributed by atoms with E-state index in [1.807, 2.05) is 55.3 Å². The van der Waals surface area contributed by atoms with E-state index in [1.54, 1.807) is 7.11 Å². The van der Waals surface area contributed by atoms with Crippen LogP contribution in [-0.2, 0) is 24.5 Å². The predicted molar refractivity (Wildman–Crippen MR) is 154 cm³/mol. The van der Waals surface area contributed by atoms with Gasteiger partial charge in [0.25, 0.3) is 0 Å². The maximum absolute atomic E-state index is 13.8. The number of hydrogen-bond donors (Lipinski definition) is 1. The highest BCUT2D eigenvalue weighted by molar-refractivity contribution is 5.87. The fourth-order valence-electron chi connectivity index (χ4n) is 8.51. The van der Waals surface area contributed by atoms with E-state index in [-0.39, 0.29) is 6.04 Å². The van der Waals surface area contributed by atoms with Crippen LogP contribution in [0.3, 0.4) is 0 Å². The smallest absolute Gasteiger partial charge is 0.344 e. The van der Waals surface area contributed by atoms with Gasteiger partial charge in [-0.1, -0.05) is 49.1 Å². The number of ether oxygens (including phenoxy) is 3. The summed E-state index contributed by atoms with van der Waals surface area (Å²) >= 11 is 0. The molecule has 2 fully saturated rings. The van der Waals surface area contributed by atoms with Crippen LogP contribution < -0.4 is 9.64 Å². The minimum atomic E-state index is -2.15. The quantitative estimate of drug-likeness (QED) is 0.349. The van der Waals surface area contributed by atoms with E-state index >= 15 is 0 Å². The number of carbonyl (C=O) groups is 2. The first-order valence-corrected chi connectivity index (χ1v) is 14.1. The Kier molecular flexibility index (Phi) is 6.44. The second-order valence-corrected chi connectivity index (χ2v) is 11.6. The number of benzene rings is 2. The largest absolute Gasteiger partial charge is 0.495 e. The molecule has 6 rings (SSSR count). The number of fused-ring (bicyclic) bond motifs is 1. The number of nitrogens with zero attached hydrogens (tertiary/aromatic N) is 2. The van der Waals surface area contributed by atoms with Crippen molar-refractivity contribution < 1.29 is 28.9 Å². The van der Waals surface area contributed by atoms with E-state index in [9.17, 15) is 14.7 Å². The highest BCUT2D eigenvalue weighted by Gasteiger charge is 2.80. The summed E-state index contributed by atoms with van der Waals surface area (Å²) in [7, 11) is 4.76. The number of carbonyl (C=O) groups excluding carboxylic acids is 2. The van der Waals surface area contributed by atoms with Crippen molar-refractivity contribution in [1.82, 2.24) is 4.90 Å². The van der Waals surface area contributed by atoms with E-state index in [0.717, 1.165) is 35.5 Å². The summed E-state index contributed by atoms with van der Waals surface area (Å²) in [6, 6.07) is 12.9. The molecule has 3 heterocycles. The van der Waals surface area contributed by atoms with Gasteiger partial charge in [-0.3, -0.25) is 9.69 Å². The van der Waals surface area contributed by atoms with Crippen molar-refractivity contribution >= 4 is 17.6 Å². The van der Waals surface area contributed by atoms with E-state index < -0.39 is 40.5 Å². The number of esters is 2. The van der Waals surface area contributed by atoms with Gasteiger partial charge in [0.2, 0.25) is 5.60 Å². The molecular weight excluding hydrogens is 520 g/mol. The summed E-state index contributed by atoms with van der Waals surface area (Å²) in [5, 5.41) is 12.8. The molecule has 0 aromatic heterocycles. The molecule has 1 saturated heterocycles. The molecular formula is C33H36N2O6. The Bertz CT molecular complexity index is 1490. The molecule has 0 unspecified atom stereocenters. The molecule has 2 aromatic carbocycles. The van der Waals surface area contributed by atoms with Crippen molar-refractivity contribution in [3.8, 4) is 17.6 Å². The lowest BCUT2D eigenvalue weighted by molar-refractivity contribution is -0.228. The van der Waals surface area contributed by atoms with Crippen LogP contribution in [0.15, 0.2) is 54.6 Å². The van der Waals surface area contributed by atoms with E-state index in [0.29, 0.717) is 18.6 Å². The van der Waals surface area contributed by atoms with Gasteiger partial charge in [-0.2, -0.15) is 0 Å². The Balaban J connectivity index is 1.64. The summed E-state index contributed by atoms with van der Waals surface area (Å²) in [6.07, 6.45) is 4.23. The number of rotatable bonds is 4. The zero-order valence-corrected chi connectivity index (χ0v) is 24.1. The van der Waals surface area contributed by atoms with Crippen LogP contribution in [0.2, 0.25) is 0 Å². The normalized spacial score (nSPS) is 32.7. The minimum Gasteiger partial charge on any atom is -0.495 e. The predicted octanol–water partition coefficient (Wildman–Crippen LogP) is 3.04. The number of likely N-dealkylation sites (N-methyl/N-ethyl adjacent to an activating group) is 1. The van der Waals surface area contributed by atoms with Gasteiger partial charge in [0, 0.05) is 54.7 Å². The van der Waals surface area contributed by atoms with Gasteiger partial charge in [-0.25, -0.2) is 4.79 Å². The Hall–Kier alpha value is -3.80. The maximum Gasteiger partial charge on any atom is 0.344 e. The highest BCUT2D eigenvalue weighted by atomic mass is 16.6. The summed E-state index contributed by atoms with van der Waals surface area (Å²) in [5.74, 6) is 5.80. The van der Waals surface area contributed by atoms with Crippen LogP contribution >= 0.6 is 0 Å². The van der Waals surface area contributed by atoms with Gasteiger partial charge in [0.05, 0.1) is 25.8 Å². The summed E-state index contributed by atoms with van der Waals surface area (Å²) in [4.78, 5) is 30.7. The average molecular weight is 557 g/mol. The van der Waals surface area contributed by atoms with Gasteiger partial charge in [-0.05, 0) is 43.1 Å². The zero-order chi connectivity index (χ0) is 29.2. The summed E-state index contributed by atoms with van der Waals surface area (Å²) in [5.41, 5.74) is -0.190. The van der Waals surface area contributed by atoms with Crippen LogP contribution in [0.1, 0.15) is 43.4 Å². The Morgan fingerprint density at radius 3 is 2.54 bits per heavy atom. The first-order valence-electron chi connectivity index (χ1n) is 14.1. The minimum absolute atomic E-state index is 0.142. The van der Waals surface area contributed by atoms with Crippen molar-refractivity contribution in [3.63, 3.8) is 0 Å². The molecule has 4 aliphatic rings. The van der Waals surface area contributed by atoms with Gasteiger partial charge < -0.3 is 24.2 Å². The third-order valence-corrected chi connectivity index (χ3v) is 9.85. The lowest BCUT2D eigenvalue weighted by Gasteiger charge is -2.63. The van der Waals surface area contributed by atoms with Gasteiger partial charge in [-0.15, -0.1) is 0 Å². The second-order valence-electron chi connectivity index (χ2n) is 11.6. The molecule has 0 radical (unpaired) electrons. The molecule has 214 valence electrons. The van der Waals surface area contributed by atoms with E-state index in [1.165, 1.54) is 14.0 Å². The van der Waals surface area contributed by atoms with Crippen molar-refractivity contribution in [3.05, 3.63) is 71.3 Å². The summed E-state index contributed by atoms with van der Waals surface area (Å²) < 4.78 is 17.1. The summed E-state index contributed by atoms with van der Waals surface area (Å²) in [6.45, 7) is 4.85. The molecule has 8 nitrogen and oxygen atoms in total. The maximum atomic E-state index is 13.8. The van der Waals surface area contributed by atoms with Gasteiger partial charge in [0.1, 0.15) is 5.75 Å². The van der Waals surface area contributed by atoms with Crippen molar-refractivity contribution in [2.75, 3.05) is 39.3 Å². The molecule has 1 aliphatic carbocycles. The number of hydrogen-bond acceptors (Lipinski definition) is 8.